The number of fused-ring (bicyclic) bond motifs is 1. The van der Waals surface area contributed by atoms with Crippen LogP contribution in [0.5, 0.6) is 11.5 Å². The molecule has 3 rings (SSSR count). The summed E-state index contributed by atoms with van der Waals surface area (Å²) < 4.78 is 11.2. The molecule has 5 heteroatoms. The number of nitrogens with zero attached hydrogens (tertiary/aromatic N) is 1. The predicted molar refractivity (Wildman–Crippen MR) is 88.8 cm³/mol. The molecule has 5 nitrogen and oxygen atoms in total. The zero-order valence-corrected chi connectivity index (χ0v) is 13.8. The number of hydrogen-bond acceptors (Lipinski definition) is 4. The summed E-state index contributed by atoms with van der Waals surface area (Å²) in [5, 5.41) is 2.91. The van der Waals surface area contributed by atoms with Crippen LogP contribution in [0.2, 0.25) is 0 Å². The molecule has 0 bridgehead atoms. The van der Waals surface area contributed by atoms with Crippen molar-refractivity contribution in [2.45, 2.75) is 45.2 Å². The summed E-state index contributed by atoms with van der Waals surface area (Å²) in [5.74, 6) is 1.74. The van der Waals surface area contributed by atoms with E-state index in [0.717, 1.165) is 18.0 Å². The largest absolute Gasteiger partial charge is 0.486 e. The van der Waals surface area contributed by atoms with Crippen molar-refractivity contribution in [2.75, 3.05) is 26.3 Å². The van der Waals surface area contributed by atoms with Crippen molar-refractivity contribution in [3.63, 3.8) is 0 Å². The van der Waals surface area contributed by atoms with E-state index < -0.39 is 0 Å². The average Bonchev–Trinajstić information content (AvgIpc) is 3.09. The molecule has 0 atom stereocenters. The van der Waals surface area contributed by atoms with Crippen LogP contribution in [-0.2, 0) is 11.3 Å². The summed E-state index contributed by atoms with van der Waals surface area (Å²) in [4.78, 5) is 14.3. The third-order valence-corrected chi connectivity index (χ3v) is 4.55. The van der Waals surface area contributed by atoms with Gasteiger partial charge < -0.3 is 14.8 Å². The number of ether oxygens (including phenoxy) is 2. The lowest BCUT2D eigenvalue weighted by Gasteiger charge is -2.28. The molecule has 1 aliphatic carbocycles. The second kappa shape index (κ2) is 7.68. The van der Waals surface area contributed by atoms with E-state index in [1.165, 1.54) is 31.2 Å². The molecule has 2 aliphatic rings. The lowest BCUT2D eigenvalue weighted by molar-refractivity contribution is -0.122. The lowest BCUT2D eigenvalue weighted by Crippen LogP contribution is -2.41. The van der Waals surface area contributed by atoms with Crippen LogP contribution >= 0.6 is 0 Å². The number of carbonyl (C=O) groups excluding carboxylic acids is 1. The van der Waals surface area contributed by atoms with Gasteiger partial charge in [-0.05, 0) is 37.5 Å². The van der Waals surface area contributed by atoms with E-state index in [0.29, 0.717) is 32.3 Å². The second-order valence-corrected chi connectivity index (χ2v) is 6.27. The van der Waals surface area contributed by atoms with Crippen molar-refractivity contribution in [3.8, 4) is 11.5 Å². The van der Waals surface area contributed by atoms with E-state index in [2.05, 4.69) is 16.3 Å². The number of benzene rings is 1. The van der Waals surface area contributed by atoms with Crippen molar-refractivity contribution in [3.05, 3.63) is 23.8 Å². The van der Waals surface area contributed by atoms with Gasteiger partial charge in [0.1, 0.15) is 13.2 Å². The van der Waals surface area contributed by atoms with Crippen LogP contribution in [0.25, 0.3) is 0 Å². The van der Waals surface area contributed by atoms with Gasteiger partial charge in [-0.25, -0.2) is 0 Å². The molecule has 0 saturated heterocycles. The summed E-state index contributed by atoms with van der Waals surface area (Å²) in [5.41, 5.74) is 1.17. The highest BCUT2D eigenvalue weighted by atomic mass is 16.6. The highest BCUT2D eigenvalue weighted by Crippen LogP contribution is 2.32. The zero-order chi connectivity index (χ0) is 16.1. The number of nitrogens with one attached hydrogen (secondary N) is 1. The topological polar surface area (TPSA) is 50.8 Å². The summed E-state index contributed by atoms with van der Waals surface area (Å²) in [6.45, 7) is 5.09. The Kier molecular flexibility index (Phi) is 5.39. The molecule has 0 radical (unpaired) electrons. The fourth-order valence-electron chi connectivity index (χ4n) is 3.44. The zero-order valence-electron chi connectivity index (χ0n) is 13.8. The molecule has 1 aliphatic heterocycles. The van der Waals surface area contributed by atoms with Crippen molar-refractivity contribution in [1.29, 1.82) is 0 Å². The van der Waals surface area contributed by atoms with Gasteiger partial charge in [-0.15, -0.1) is 0 Å². The van der Waals surface area contributed by atoms with Gasteiger partial charge in [0.2, 0.25) is 5.91 Å². The molecule has 1 heterocycles. The molecule has 0 aromatic heterocycles. The lowest BCUT2D eigenvalue weighted by atomic mass is 10.1. The molecular formula is C18H26N2O3. The predicted octanol–water partition coefficient (Wildman–Crippen LogP) is 2.34. The minimum Gasteiger partial charge on any atom is -0.486 e. The molecule has 1 N–H and O–H groups in total. The van der Waals surface area contributed by atoms with Gasteiger partial charge in [-0.3, -0.25) is 9.69 Å². The molecular weight excluding hydrogens is 292 g/mol. The van der Waals surface area contributed by atoms with E-state index in [4.69, 9.17) is 9.47 Å². The van der Waals surface area contributed by atoms with E-state index >= 15 is 0 Å². The minimum absolute atomic E-state index is 0.108. The van der Waals surface area contributed by atoms with Crippen LogP contribution in [0.3, 0.4) is 0 Å². The Bertz CT molecular complexity index is 541. The standard InChI is InChI=1S/C18H26N2O3/c1-2-19-18(21)13-20(15-5-3-4-6-15)12-14-7-8-16-17(11-14)23-10-9-22-16/h7-8,11,15H,2-6,9-10,12-13H2,1H3,(H,19,21). The minimum atomic E-state index is 0.108. The Labute approximate surface area is 137 Å². The second-order valence-electron chi connectivity index (χ2n) is 6.27. The summed E-state index contributed by atoms with van der Waals surface area (Å²) >= 11 is 0. The van der Waals surface area contributed by atoms with E-state index in [1.807, 2.05) is 19.1 Å². The maximum Gasteiger partial charge on any atom is 0.234 e. The molecule has 23 heavy (non-hydrogen) atoms. The van der Waals surface area contributed by atoms with Gasteiger partial charge >= 0.3 is 0 Å². The quantitative estimate of drug-likeness (QED) is 0.875. The van der Waals surface area contributed by atoms with E-state index in [9.17, 15) is 4.79 Å². The maximum absolute atomic E-state index is 12.0. The molecule has 0 unspecified atom stereocenters. The van der Waals surface area contributed by atoms with Crippen molar-refractivity contribution < 1.29 is 14.3 Å². The first-order valence-corrected chi connectivity index (χ1v) is 8.65. The van der Waals surface area contributed by atoms with Crippen LogP contribution in [0, 0.1) is 0 Å². The Hall–Kier alpha value is -1.75. The number of amides is 1. The number of carbonyl (C=O) groups is 1. The van der Waals surface area contributed by atoms with Crippen LogP contribution < -0.4 is 14.8 Å². The first kappa shape index (κ1) is 16.1. The van der Waals surface area contributed by atoms with Gasteiger partial charge in [-0.2, -0.15) is 0 Å². The first-order valence-electron chi connectivity index (χ1n) is 8.65. The molecule has 1 amide bonds. The molecule has 1 fully saturated rings. The van der Waals surface area contributed by atoms with Gasteiger partial charge in [-0.1, -0.05) is 18.9 Å². The number of hydrogen-bond donors (Lipinski definition) is 1. The fraction of sp³-hybridized carbons (Fsp3) is 0.611. The van der Waals surface area contributed by atoms with E-state index in [-0.39, 0.29) is 5.91 Å². The van der Waals surface area contributed by atoms with Crippen LogP contribution in [0.4, 0.5) is 0 Å². The average molecular weight is 318 g/mol. The Morgan fingerprint density at radius 3 is 2.70 bits per heavy atom. The molecule has 1 aromatic rings. The monoisotopic (exact) mass is 318 g/mol. The van der Waals surface area contributed by atoms with Crippen molar-refractivity contribution in [2.24, 2.45) is 0 Å². The highest BCUT2D eigenvalue weighted by molar-refractivity contribution is 5.78. The summed E-state index contributed by atoms with van der Waals surface area (Å²) in [7, 11) is 0. The Balaban J connectivity index is 1.70. The smallest absolute Gasteiger partial charge is 0.234 e. The van der Waals surface area contributed by atoms with Crippen molar-refractivity contribution >= 4 is 5.91 Å². The Morgan fingerprint density at radius 1 is 1.22 bits per heavy atom. The SMILES string of the molecule is CCNC(=O)CN(Cc1ccc2c(c1)OCCO2)C1CCCC1. The highest BCUT2D eigenvalue weighted by Gasteiger charge is 2.25. The third kappa shape index (κ3) is 4.16. The normalized spacial score (nSPS) is 17.5. The maximum atomic E-state index is 12.0. The Morgan fingerprint density at radius 2 is 1.96 bits per heavy atom. The molecule has 1 aromatic carbocycles. The van der Waals surface area contributed by atoms with Gasteiger partial charge in [0, 0.05) is 19.1 Å². The molecule has 0 spiro atoms. The van der Waals surface area contributed by atoms with Gasteiger partial charge in [0.05, 0.1) is 6.54 Å². The van der Waals surface area contributed by atoms with E-state index in [1.54, 1.807) is 0 Å². The van der Waals surface area contributed by atoms with Crippen molar-refractivity contribution in [1.82, 2.24) is 10.2 Å². The number of likely N-dealkylation sites (N-methyl/N-ethyl adjacent to an activating group) is 1. The van der Waals surface area contributed by atoms with Crippen LogP contribution in [0.1, 0.15) is 38.2 Å². The fourth-order valence-corrected chi connectivity index (χ4v) is 3.44. The van der Waals surface area contributed by atoms with Crippen LogP contribution in [0.15, 0.2) is 18.2 Å². The number of rotatable bonds is 6. The summed E-state index contributed by atoms with van der Waals surface area (Å²) in [6, 6.07) is 6.61. The molecule has 1 saturated carbocycles. The van der Waals surface area contributed by atoms with Crippen LogP contribution in [-0.4, -0.2) is 43.2 Å². The van der Waals surface area contributed by atoms with Gasteiger partial charge in [0.15, 0.2) is 11.5 Å². The first-order chi connectivity index (χ1) is 11.3. The molecule has 126 valence electrons. The van der Waals surface area contributed by atoms with Gasteiger partial charge in [0.25, 0.3) is 0 Å². The third-order valence-electron chi connectivity index (χ3n) is 4.55. The summed E-state index contributed by atoms with van der Waals surface area (Å²) in [6.07, 6.45) is 4.89.